The molecule has 2 aromatic carbocycles. The second-order valence-corrected chi connectivity index (χ2v) is 9.43. The number of anilines is 1. The average Bonchev–Trinajstić information content (AvgIpc) is 3.44. The van der Waals surface area contributed by atoms with Gasteiger partial charge in [-0.1, -0.05) is 36.4 Å². The third kappa shape index (κ3) is 3.36. The van der Waals surface area contributed by atoms with Crippen LogP contribution in [-0.2, 0) is 20.8 Å². The van der Waals surface area contributed by atoms with Crippen molar-refractivity contribution in [3.8, 4) is 0 Å². The van der Waals surface area contributed by atoms with Gasteiger partial charge < -0.3 is 5.32 Å². The highest BCUT2D eigenvalue weighted by Gasteiger charge is 2.62. The van der Waals surface area contributed by atoms with Crippen LogP contribution in [0.4, 0.5) is 5.69 Å². The van der Waals surface area contributed by atoms with Gasteiger partial charge in [-0.15, -0.1) is 0 Å². The van der Waals surface area contributed by atoms with E-state index in [2.05, 4.69) is 5.32 Å². The van der Waals surface area contributed by atoms with Crippen molar-refractivity contribution < 1.29 is 14.4 Å². The number of amides is 3. The van der Waals surface area contributed by atoms with Crippen molar-refractivity contribution >= 4 is 23.4 Å². The number of nitrogens with one attached hydrogen (secondary N) is 1. The van der Waals surface area contributed by atoms with Gasteiger partial charge in [0.25, 0.3) is 0 Å². The van der Waals surface area contributed by atoms with Gasteiger partial charge in [0, 0.05) is 12.1 Å². The van der Waals surface area contributed by atoms with Crippen molar-refractivity contribution in [2.75, 3.05) is 5.32 Å². The lowest BCUT2D eigenvalue weighted by Gasteiger charge is -2.27. The highest BCUT2D eigenvalue weighted by molar-refractivity contribution is 6.10. The molecule has 5 rings (SSSR count). The van der Waals surface area contributed by atoms with E-state index in [1.165, 1.54) is 4.90 Å². The van der Waals surface area contributed by atoms with Gasteiger partial charge in [-0.3, -0.25) is 19.3 Å². The minimum absolute atomic E-state index is 0.140. The fourth-order valence-corrected chi connectivity index (χ4v) is 5.92. The molecule has 0 unspecified atom stereocenters. The SMILES string of the molecule is Cc1ccc(NC(=O)[C@@H](Cc2ccccc2)N2C(=O)[C@@H]3[C@@H]4CC[C@H](C4)[C@@H]3C2=O)cc1C. The summed E-state index contributed by atoms with van der Waals surface area (Å²) in [5.74, 6) is -0.427. The molecule has 1 saturated heterocycles. The molecule has 0 spiro atoms. The average molecular weight is 417 g/mol. The van der Waals surface area contributed by atoms with Crippen molar-refractivity contribution in [1.82, 2.24) is 4.90 Å². The zero-order valence-corrected chi connectivity index (χ0v) is 18.0. The second-order valence-electron chi connectivity index (χ2n) is 9.43. The molecule has 2 bridgehead atoms. The fraction of sp³-hybridized carbons (Fsp3) is 0.423. The molecule has 5 atom stereocenters. The summed E-state index contributed by atoms with van der Waals surface area (Å²) in [6.45, 7) is 4.02. The lowest BCUT2D eigenvalue weighted by atomic mass is 9.81. The summed E-state index contributed by atoms with van der Waals surface area (Å²) in [7, 11) is 0. The van der Waals surface area contributed by atoms with Gasteiger partial charge in [0.1, 0.15) is 6.04 Å². The predicted octanol–water partition coefficient (Wildman–Crippen LogP) is 3.88. The highest BCUT2D eigenvalue weighted by Crippen LogP contribution is 2.56. The zero-order chi connectivity index (χ0) is 21.7. The van der Waals surface area contributed by atoms with E-state index in [1.807, 2.05) is 62.4 Å². The summed E-state index contributed by atoms with van der Waals surface area (Å²) < 4.78 is 0. The molecular formula is C26H28N2O3. The van der Waals surface area contributed by atoms with Crippen molar-refractivity contribution in [3.05, 3.63) is 65.2 Å². The molecule has 160 valence electrons. The third-order valence-electron chi connectivity index (χ3n) is 7.62. The van der Waals surface area contributed by atoms with Crippen LogP contribution < -0.4 is 5.32 Å². The van der Waals surface area contributed by atoms with E-state index in [1.54, 1.807) is 0 Å². The van der Waals surface area contributed by atoms with Crippen molar-refractivity contribution in [1.29, 1.82) is 0 Å². The quantitative estimate of drug-likeness (QED) is 0.752. The number of fused-ring (bicyclic) bond motifs is 5. The molecule has 31 heavy (non-hydrogen) atoms. The molecule has 1 aliphatic heterocycles. The van der Waals surface area contributed by atoms with E-state index in [0.29, 0.717) is 23.9 Å². The molecule has 3 aliphatic rings. The lowest BCUT2D eigenvalue weighted by Crippen LogP contribution is -2.49. The second kappa shape index (κ2) is 7.63. The first-order valence-electron chi connectivity index (χ1n) is 11.2. The minimum Gasteiger partial charge on any atom is -0.324 e. The van der Waals surface area contributed by atoms with E-state index in [4.69, 9.17) is 0 Å². The Morgan fingerprint density at radius 1 is 0.968 bits per heavy atom. The topological polar surface area (TPSA) is 66.5 Å². The molecule has 2 saturated carbocycles. The highest BCUT2D eigenvalue weighted by atomic mass is 16.2. The number of rotatable bonds is 5. The number of imide groups is 1. The Hall–Kier alpha value is -2.95. The summed E-state index contributed by atoms with van der Waals surface area (Å²) >= 11 is 0. The third-order valence-corrected chi connectivity index (χ3v) is 7.62. The molecular weight excluding hydrogens is 388 g/mol. The number of hydrogen-bond acceptors (Lipinski definition) is 3. The van der Waals surface area contributed by atoms with Crippen LogP contribution in [0.1, 0.15) is 36.0 Å². The van der Waals surface area contributed by atoms with E-state index >= 15 is 0 Å². The fourth-order valence-electron chi connectivity index (χ4n) is 5.92. The van der Waals surface area contributed by atoms with Crippen molar-refractivity contribution in [2.45, 2.75) is 45.6 Å². The maximum atomic E-state index is 13.4. The van der Waals surface area contributed by atoms with Crippen molar-refractivity contribution in [3.63, 3.8) is 0 Å². The Morgan fingerprint density at radius 2 is 1.61 bits per heavy atom. The smallest absolute Gasteiger partial charge is 0.248 e. The zero-order valence-electron chi connectivity index (χ0n) is 18.0. The monoisotopic (exact) mass is 416 g/mol. The predicted molar refractivity (Wildman–Crippen MR) is 118 cm³/mol. The normalized spacial score (nSPS) is 27.5. The summed E-state index contributed by atoms with van der Waals surface area (Å²) in [5.41, 5.74) is 3.85. The molecule has 0 aromatic heterocycles. The molecule has 3 fully saturated rings. The molecule has 0 radical (unpaired) electrons. The number of carbonyl (C=O) groups is 3. The number of likely N-dealkylation sites (tertiary alicyclic amines) is 1. The van der Waals surface area contributed by atoms with Crippen LogP contribution in [0, 0.1) is 37.5 Å². The van der Waals surface area contributed by atoms with Gasteiger partial charge >= 0.3 is 0 Å². The number of aryl methyl sites for hydroxylation is 2. The van der Waals surface area contributed by atoms with Crippen LogP contribution in [0.2, 0.25) is 0 Å². The van der Waals surface area contributed by atoms with Crippen LogP contribution in [0.3, 0.4) is 0 Å². The van der Waals surface area contributed by atoms with Crippen LogP contribution in [0.5, 0.6) is 0 Å². The Labute approximate surface area is 182 Å². The first kappa shape index (κ1) is 20.0. The number of hydrogen-bond donors (Lipinski definition) is 1. The van der Waals surface area contributed by atoms with E-state index in [-0.39, 0.29) is 29.6 Å². The van der Waals surface area contributed by atoms with Crippen LogP contribution in [0.25, 0.3) is 0 Å². The summed E-state index contributed by atoms with van der Waals surface area (Å²) in [6.07, 6.45) is 3.36. The first-order chi connectivity index (χ1) is 14.9. The van der Waals surface area contributed by atoms with E-state index in [0.717, 1.165) is 36.0 Å². The van der Waals surface area contributed by atoms with E-state index < -0.39 is 6.04 Å². The Morgan fingerprint density at radius 3 is 2.23 bits per heavy atom. The van der Waals surface area contributed by atoms with Crippen LogP contribution in [-0.4, -0.2) is 28.7 Å². The van der Waals surface area contributed by atoms with Gasteiger partial charge in [0.05, 0.1) is 11.8 Å². The van der Waals surface area contributed by atoms with Gasteiger partial charge in [-0.2, -0.15) is 0 Å². The van der Waals surface area contributed by atoms with Gasteiger partial charge in [-0.25, -0.2) is 0 Å². The lowest BCUT2D eigenvalue weighted by molar-refractivity contribution is -0.147. The largest absolute Gasteiger partial charge is 0.324 e. The summed E-state index contributed by atoms with van der Waals surface area (Å²) in [5, 5.41) is 2.97. The summed E-state index contributed by atoms with van der Waals surface area (Å²) in [6, 6.07) is 14.5. The Bertz CT molecular complexity index is 1020. The Kier molecular flexibility index (Phi) is 4.92. The van der Waals surface area contributed by atoms with Gasteiger partial charge in [0.2, 0.25) is 17.7 Å². The maximum Gasteiger partial charge on any atom is 0.248 e. The maximum absolute atomic E-state index is 13.4. The number of benzene rings is 2. The molecule has 1 N–H and O–H groups in total. The standard InChI is InChI=1S/C26H28N2O3/c1-15-8-11-20(12-16(15)2)27-24(29)21(13-17-6-4-3-5-7-17)28-25(30)22-18-9-10-19(14-18)23(22)26(28)31/h3-8,11-12,18-19,21-23H,9-10,13-14H2,1-2H3,(H,27,29)/t18-,19-,21-,22-,23+/m1/s1. The molecule has 5 heteroatoms. The molecule has 1 heterocycles. The summed E-state index contributed by atoms with van der Waals surface area (Å²) in [4.78, 5) is 41.5. The molecule has 3 amide bonds. The number of carbonyl (C=O) groups excluding carboxylic acids is 3. The molecule has 2 aliphatic carbocycles. The Balaban J connectivity index is 1.45. The van der Waals surface area contributed by atoms with Crippen LogP contribution >= 0.6 is 0 Å². The molecule has 5 nitrogen and oxygen atoms in total. The minimum atomic E-state index is -0.839. The van der Waals surface area contributed by atoms with Crippen molar-refractivity contribution in [2.24, 2.45) is 23.7 Å². The van der Waals surface area contributed by atoms with Crippen LogP contribution in [0.15, 0.2) is 48.5 Å². The van der Waals surface area contributed by atoms with Gasteiger partial charge in [0.15, 0.2) is 0 Å². The van der Waals surface area contributed by atoms with E-state index in [9.17, 15) is 14.4 Å². The molecule has 2 aromatic rings. The number of nitrogens with zero attached hydrogens (tertiary/aromatic N) is 1. The van der Waals surface area contributed by atoms with Gasteiger partial charge in [-0.05, 0) is 73.8 Å². The first-order valence-corrected chi connectivity index (χ1v) is 11.2.